The molecule has 3 aromatic heterocycles. The van der Waals surface area contributed by atoms with Crippen molar-refractivity contribution >= 4 is 35.1 Å². The predicted molar refractivity (Wildman–Crippen MR) is 73.0 cm³/mol. The lowest BCUT2D eigenvalue weighted by atomic mass is 10.3. The monoisotopic (exact) mass is 293 g/mol. The number of halogens is 1. The Balaban J connectivity index is 2.16. The van der Waals surface area contributed by atoms with E-state index in [2.05, 4.69) is 25.0 Å². The molecule has 0 radical (unpaired) electrons. The van der Waals surface area contributed by atoms with Gasteiger partial charge in [0, 0.05) is 6.20 Å². The van der Waals surface area contributed by atoms with Crippen molar-refractivity contribution in [3.8, 4) is 11.5 Å². The Kier molecular flexibility index (Phi) is 2.96. The van der Waals surface area contributed by atoms with Gasteiger partial charge in [0.1, 0.15) is 5.69 Å². The molecule has 0 fully saturated rings. The Bertz CT molecular complexity index is 739. The lowest BCUT2D eigenvalue weighted by molar-refractivity contribution is 0.850. The largest absolute Gasteiger partial charge is 0.368 e. The fraction of sp³-hybridized carbons (Fsp3) is 0.100. The summed E-state index contributed by atoms with van der Waals surface area (Å²) in [6.07, 6.45) is 3.40. The maximum Gasteiger partial charge on any atom is 0.258 e. The van der Waals surface area contributed by atoms with E-state index in [1.165, 1.54) is 22.5 Å². The van der Waals surface area contributed by atoms with E-state index in [4.69, 9.17) is 17.3 Å². The van der Waals surface area contributed by atoms with E-state index in [0.717, 1.165) is 0 Å². The van der Waals surface area contributed by atoms with Gasteiger partial charge in [-0.2, -0.15) is 19.5 Å². The summed E-state index contributed by atoms with van der Waals surface area (Å²) in [4.78, 5) is 16.8. The van der Waals surface area contributed by atoms with E-state index in [1.54, 1.807) is 12.1 Å². The molecule has 0 atom stereocenters. The Morgan fingerprint density at radius 1 is 1.26 bits per heavy atom. The highest BCUT2D eigenvalue weighted by Crippen LogP contribution is 2.18. The van der Waals surface area contributed by atoms with Crippen molar-refractivity contribution in [2.24, 2.45) is 0 Å². The van der Waals surface area contributed by atoms with Gasteiger partial charge in [-0.15, -0.1) is 5.10 Å². The zero-order valence-corrected chi connectivity index (χ0v) is 11.4. The minimum absolute atomic E-state index is 0.238. The maximum atomic E-state index is 5.80. The highest BCUT2D eigenvalue weighted by molar-refractivity contribution is 7.98. The summed E-state index contributed by atoms with van der Waals surface area (Å²) in [5.74, 6) is 1.06. The highest BCUT2D eigenvalue weighted by atomic mass is 35.5. The van der Waals surface area contributed by atoms with Crippen molar-refractivity contribution in [2.45, 2.75) is 5.16 Å². The summed E-state index contributed by atoms with van der Waals surface area (Å²) >= 11 is 7.18. The van der Waals surface area contributed by atoms with Crippen molar-refractivity contribution in [1.29, 1.82) is 0 Å². The lowest BCUT2D eigenvalue weighted by Crippen LogP contribution is -2.04. The molecule has 0 aliphatic heterocycles. The second-order valence-corrected chi connectivity index (χ2v) is 4.79. The van der Waals surface area contributed by atoms with Crippen molar-refractivity contribution in [3.63, 3.8) is 0 Å². The molecule has 0 spiro atoms. The molecule has 96 valence electrons. The Morgan fingerprint density at radius 3 is 2.79 bits per heavy atom. The number of thioether (sulfide) groups is 1. The molecule has 0 aliphatic carbocycles. The third kappa shape index (κ3) is 2.20. The maximum absolute atomic E-state index is 5.80. The number of fused-ring (bicyclic) bond motifs is 1. The van der Waals surface area contributed by atoms with Crippen LogP contribution >= 0.6 is 23.4 Å². The zero-order valence-electron chi connectivity index (χ0n) is 9.78. The first-order valence-electron chi connectivity index (χ1n) is 5.23. The van der Waals surface area contributed by atoms with E-state index in [9.17, 15) is 0 Å². The summed E-state index contributed by atoms with van der Waals surface area (Å²) in [6.45, 7) is 0. The second kappa shape index (κ2) is 4.63. The molecule has 3 rings (SSSR count). The number of hydrogen-bond acceptors (Lipinski definition) is 7. The van der Waals surface area contributed by atoms with Gasteiger partial charge in [0.15, 0.2) is 5.16 Å². The standard InChI is InChI=1S/C10H8ClN7S/c1-19-10-15-8(12)18-9(16-10)14-7(17-18)6-3-2-5(11)4-13-6/h2-4H,1H3,(H2,12,14,15,16,17). The number of nitrogens with zero attached hydrogens (tertiary/aromatic N) is 6. The third-order valence-electron chi connectivity index (χ3n) is 2.35. The predicted octanol–water partition coefficient (Wildman–Crippen LogP) is 1.54. The number of aromatic nitrogens is 6. The fourth-order valence-electron chi connectivity index (χ4n) is 1.49. The van der Waals surface area contributed by atoms with Crippen LogP contribution in [-0.4, -0.2) is 35.8 Å². The van der Waals surface area contributed by atoms with E-state index < -0.39 is 0 Å². The molecule has 0 unspecified atom stereocenters. The first-order valence-corrected chi connectivity index (χ1v) is 6.84. The molecule has 2 N–H and O–H groups in total. The summed E-state index contributed by atoms with van der Waals surface area (Å²) in [6, 6.07) is 3.45. The fourth-order valence-corrected chi connectivity index (χ4v) is 1.96. The third-order valence-corrected chi connectivity index (χ3v) is 3.12. The van der Waals surface area contributed by atoms with Crippen molar-refractivity contribution in [3.05, 3.63) is 23.4 Å². The van der Waals surface area contributed by atoms with E-state index >= 15 is 0 Å². The molecule has 0 saturated heterocycles. The topological polar surface area (TPSA) is 94.9 Å². The van der Waals surface area contributed by atoms with Crippen LogP contribution in [0.5, 0.6) is 0 Å². The molecule has 0 bridgehead atoms. The van der Waals surface area contributed by atoms with Gasteiger partial charge >= 0.3 is 0 Å². The molecular weight excluding hydrogens is 286 g/mol. The second-order valence-electron chi connectivity index (χ2n) is 3.58. The van der Waals surface area contributed by atoms with E-state index in [0.29, 0.717) is 27.5 Å². The molecular formula is C10H8ClN7S. The number of hydrogen-bond donors (Lipinski definition) is 1. The van der Waals surface area contributed by atoms with Crippen LogP contribution in [0.2, 0.25) is 5.02 Å². The number of anilines is 1. The van der Waals surface area contributed by atoms with Crippen LogP contribution in [0.15, 0.2) is 23.5 Å². The van der Waals surface area contributed by atoms with Gasteiger partial charge in [-0.3, -0.25) is 4.98 Å². The zero-order chi connectivity index (χ0) is 13.4. The molecule has 9 heteroatoms. The summed E-state index contributed by atoms with van der Waals surface area (Å²) < 4.78 is 1.38. The first-order chi connectivity index (χ1) is 9.17. The summed E-state index contributed by atoms with van der Waals surface area (Å²) in [5, 5.41) is 5.33. The van der Waals surface area contributed by atoms with Crippen molar-refractivity contribution < 1.29 is 0 Å². The van der Waals surface area contributed by atoms with Crippen LogP contribution in [0.3, 0.4) is 0 Å². The minimum atomic E-state index is 0.238. The number of rotatable bonds is 2. The van der Waals surface area contributed by atoms with E-state index in [-0.39, 0.29) is 5.95 Å². The molecule has 3 aromatic rings. The van der Waals surface area contributed by atoms with Gasteiger partial charge in [-0.1, -0.05) is 23.4 Å². The molecule has 0 saturated carbocycles. The first kappa shape index (κ1) is 12.1. The highest BCUT2D eigenvalue weighted by Gasteiger charge is 2.12. The molecule has 3 heterocycles. The molecule has 19 heavy (non-hydrogen) atoms. The van der Waals surface area contributed by atoms with Gasteiger partial charge in [0.05, 0.1) is 5.02 Å². The van der Waals surface area contributed by atoms with Crippen LogP contribution in [0.25, 0.3) is 17.3 Å². The Hall–Kier alpha value is -1.93. The summed E-state index contributed by atoms with van der Waals surface area (Å²) in [5.41, 5.74) is 6.40. The molecule has 7 nitrogen and oxygen atoms in total. The van der Waals surface area contributed by atoms with E-state index in [1.807, 2.05) is 6.26 Å². The lowest BCUT2D eigenvalue weighted by Gasteiger charge is -1.97. The SMILES string of the molecule is CSc1nc(N)n2nc(-c3ccc(Cl)cn3)nc2n1. The van der Waals surface area contributed by atoms with Crippen LogP contribution in [0.4, 0.5) is 5.95 Å². The van der Waals surface area contributed by atoms with Crippen LogP contribution in [0, 0.1) is 0 Å². The van der Waals surface area contributed by atoms with Gasteiger partial charge in [-0.25, -0.2) is 0 Å². The van der Waals surface area contributed by atoms with Gasteiger partial charge in [-0.05, 0) is 18.4 Å². The van der Waals surface area contributed by atoms with Crippen LogP contribution in [-0.2, 0) is 0 Å². The number of nitrogens with two attached hydrogens (primary N) is 1. The van der Waals surface area contributed by atoms with Gasteiger partial charge in [0.2, 0.25) is 11.8 Å². The molecule has 0 amide bonds. The van der Waals surface area contributed by atoms with Crippen LogP contribution < -0.4 is 5.73 Å². The van der Waals surface area contributed by atoms with Crippen molar-refractivity contribution in [1.82, 2.24) is 29.5 Å². The summed E-state index contributed by atoms with van der Waals surface area (Å²) in [7, 11) is 0. The van der Waals surface area contributed by atoms with Gasteiger partial charge < -0.3 is 5.73 Å². The number of pyridine rings is 1. The Labute approximate surface area is 117 Å². The van der Waals surface area contributed by atoms with Gasteiger partial charge in [0.25, 0.3) is 5.78 Å². The molecule has 0 aromatic carbocycles. The normalized spacial score (nSPS) is 11.1. The number of nitrogen functional groups attached to an aromatic ring is 1. The average molecular weight is 294 g/mol. The Morgan fingerprint density at radius 2 is 2.11 bits per heavy atom. The quantitative estimate of drug-likeness (QED) is 0.716. The smallest absolute Gasteiger partial charge is 0.258 e. The minimum Gasteiger partial charge on any atom is -0.368 e. The van der Waals surface area contributed by atoms with Crippen molar-refractivity contribution in [2.75, 3.05) is 12.0 Å². The average Bonchev–Trinajstić information content (AvgIpc) is 2.84. The molecule has 0 aliphatic rings. The van der Waals surface area contributed by atoms with Crippen LogP contribution in [0.1, 0.15) is 0 Å².